The lowest BCUT2D eigenvalue weighted by Gasteiger charge is -2.37. The first-order valence-electron chi connectivity index (χ1n) is 6.41. The van der Waals surface area contributed by atoms with Gasteiger partial charge in [-0.3, -0.25) is 4.90 Å². The Balaban J connectivity index is 1.77. The van der Waals surface area contributed by atoms with Crippen LogP contribution >= 0.6 is 0 Å². The Kier molecular flexibility index (Phi) is 3.81. The first-order valence-corrected chi connectivity index (χ1v) is 6.41. The van der Waals surface area contributed by atoms with Crippen molar-refractivity contribution in [2.45, 2.75) is 51.6 Å². The number of hydrogen-bond donors (Lipinski definition) is 1. The van der Waals surface area contributed by atoms with E-state index in [1.807, 2.05) is 0 Å². The summed E-state index contributed by atoms with van der Waals surface area (Å²) in [6.07, 6.45) is 7.83. The van der Waals surface area contributed by atoms with Gasteiger partial charge in [-0.25, -0.2) is 0 Å². The summed E-state index contributed by atoms with van der Waals surface area (Å²) < 4.78 is 0. The molecule has 0 amide bonds. The van der Waals surface area contributed by atoms with E-state index in [0.717, 1.165) is 6.54 Å². The van der Waals surface area contributed by atoms with E-state index in [9.17, 15) is 0 Å². The second kappa shape index (κ2) is 5.13. The minimum Gasteiger partial charge on any atom is -0.311 e. The Labute approximate surface area is 93.7 Å². The van der Waals surface area contributed by atoms with Crippen LogP contribution in [0.3, 0.4) is 0 Å². The molecule has 0 bridgehead atoms. The molecule has 1 aliphatic carbocycles. The molecule has 0 aromatic rings. The van der Waals surface area contributed by atoms with Crippen LogP contribution in [0.25, 0.3) is 0 Å². The fourth-order valence-electron chi connectivity index (χ4n) is 2.66. The minimum absolute atomic E-state index is 0.666. The van der Waals surface area contributed by atoms with Gasteiger partial charge in [0, 0.05) is 31.7 Å². The minimum atomic E-state index is 0.666. The first-order chi connectivity index (χ1) is 7.25. The van der Waals surface area contributed by atoms with Crippen molar-refractivity contribution in [2.75, 3.05) is 19.6 Å². The van der Waals surface area contributed by atoms with Crippen LogP contribution in [0.2, 0.25) is 0 Å². The third-order valence-electron chi connectivity index (χ3n) is 3.75. The summed E-state index contributed by atoms with van der Waals surface area (Å²) in [5, 5.41) is 3.53. The van der Waals surface area contributed by atoms with E-state index >= 15 is 0 Å². The van der Waals surface area contributed by atoms with Crippen LogP contribution < -0.4 is 5.32 Å². The van der Waals surface area contributed by atoms with Gasteiger partial charge in [0.1, 0.15) is 0 Å². The second-order valence-electron chi connectivity index (χ2n) is 5.16. The monoisotopic (exact) mass is 208 g/mol. The van der Waals surface area contributed by atoms with Crippen LogP contribution in [0.15, 0.2) is 11.6 Å². The van der Waals surface area contributed by atoms with Crippen LogP contribution in [-0.2, 0) is 0 Å². The van der Waals surface area contributed by atoms with Gasteiger partial charge in [0.05, 0.1) is 0 Å². The van der Waals surface area contributed by atoms with Crippen LogP contribution in [0.5, 0.6) is 0 Å². The SMILES string of the molecule is CC1CN(CCC2=CCCC2)C(C)CN1. The van der Waals surface area contributed by atoms with Crippen LogP contribution in [-0.4, -0.2) is 36.6 Å². The van der Waals surface area contributed by atoms with Gasteiger partial charge < -0.3 is 5.32 Å². The fourth-order valence-corrected chi connectivity index (χ4v) is 2.66. The molecule has 2 rings (SSSR count). The van der Waals surface area contributed by atoms with Crippen molar-refractivity contribution >= 4 is 0 Å². The Morgan fingerprint density at radius 3 is 3.07 bits per heavy atom. The van der Waals surface area contributed by atoms with Crippen molar-refractivity contribution in [1.29, 1.82) is 0 Å². The van der Waals surface area contributed by atoms with Crippen molar-refractivity contribution in [3.05, 3.63) is 11.6 Å². The van der Waals surface area contributed by atoms with E-state index in [2.05, 4.69) is 30.1 Å². The van der Waals surface area contributed by atoms with E-state index < -0.39 is 0 Å². The largest absolute Gasteiger partial charge is 0.311 e. The number of nitrogens with one attached hydrogen (secondary N) is 1. The van der Waals surface area contributed by atoms with Gasteiger partial charge in [0.15, 0.2) is 0 Å². The number of allylic oxidation sites excluding steroid dienone is 1. The molecular formula is C13H24N2. The molecule has 15 heavy (non-hydrogen) atoms. The number of nitrogens with zero attached hydrogens (tertiary/aromatic N) is 1. The van der Waals surface area contributed by atoms with E-state index in [-0.39, 0.29) is 0 Å². The molecule has 1 fully saturated rings. The maximum Gasteiger partial charge on any atom is 0.0193 e. The summed E-state index contributed by atoms with van der Waals surface area (Å²) in [6, 6.07) is 1.38. The molecule has 0 aromatic carbocycles. The van der Waals surface area contributed by atoms with E-state index in [4.69, 9.17) is 0 Å². The van der Waals surface area contributed by atoms with E-state index in [0.29, 0.717) is 12.1 Å². The number of rotatable bonds is 3. The lowest BCUT2D eigenvalue weighted by Crippen LogP contribution is -2.54. The molecule has 1 heterocycles. The average molecular weight is 208 g/mol. The first kappa shape index (κ1) is 11.2. The summed E-state index contributed by atoms with van der Waals surface area (Å²) >= 11 is 0. The lowest BCUT2D eigenvalue weighted by molar-refractivity contribution is 0.148. The molecule has 1 saturated heterocycles. The average Bonchev–Trinajstić information content (AvgIpc) is 2.72. The predicted molar refractivity (Wildman–Crippen MR) is 65.1 cm³/mol. The summed E-state index contributed by atoms with van der Waals surface area (Å²) in [6.45, 7) is 8.25. The second-order valence-corrected chi connectivity index (χ2v) is 5.16. The standard InChI is InChI=1S/C13H24N2/c1-11-10-15(12(2)9-14-11)8-7-13-5-3-4-6-13/h5,11-12,14H,3-4,6-10H2,1-2H3. The zero-order valence-corrected chi connectivity index (χ0v) is 10.1. The van der Waals surface area contributed by atoms with Crippen molar-refractivity contribution in [3.63, 3.8) is 0 Å². The highest BCUT2D eigenvalue weighted by Gasteiger charge is 2.21. The molecule has 2 atom stereocenters. The van der Waals surface area contributed by atoms with Crippen LogP contribution in [0.1, 0.15) is 39.5 Å². The van der Waals surface area contributed by atoms with Crippen molar-refractivity contribution in [1.82, 2.24) is 10.2 Å². The zero-order valence-electron chi connectivity index (χ0n) is 10.1. The molecule has 86 valence electrons. The summed E-state index contributed by atoms with van der Waals surface area (Å²) in [4.78, 5) is 2.64. The summed E-state index contributed by atoms with van der Waals surface area (Å²) in [7, 11) is 0. The van der Waals surface area contributed by atoms with Gasteiger partial charge in [-0.1, -0.05) is 11.6 Å². The molecule has 2 aliphatic rings. The molecule has 0 saturated carbocycles. The highest BCUT2D eigenvalue weighted by Crippen LogP contribution is 2.21. The van der Waals surface area contributed by atoms with Crippen LogP contribution in [0.4, 0.5) is 0 Å². The molecule has 2 heteroatoms. The highest BCUT2D eigenvalue weighted by atomic mass is 15.2. The van der Waals surface area contributed by atoms with Gasteiger partial charge in [-0.05, 0) is 39.5 Å². The Morgan fingerprint density at radius 1 is 1.47 bits per heavy atom. The maximum absolute atomic E-state index is 3.53. The molecule has 2 nitrogen and oxygen atoms in total. The van der Waals surface area contributed by atoms with Gasteiger partial charge >= 0.3 is 0 Å². The topological polar surface area (TPSA) is 15.3 Å². The van der Waals surface area contributed by atoms with Crippen molar-refractivity contribution < 1.29 is 0 Å². The quantitative estimate of drug-likeness (QED) is 0.715. The predicted octanol–water partition coefficient (Wildman–Crippen LogP) is 2.17. The lowest BCUT2D eigenvalue weighted by atomic mass is 10.1. The van der Waals surface area contributed by atoms with Gasteiger partial charge in [0.25, 0.3) is 0 Å². The van der Waals surface area contributed by atoms with Gasteiger partial charge in [0.2, 0.25) is 0 Å². The van der Waals surface area contributed by atoms with Crippen molar-refractivity contribution in [2.24, 2.45) is 0 Å². The maximum atomic E-state index is 3.53. The smallest absolute Gasteiger partial charge is 0.0193 e. The number of piperazine rings is 1. The molecule has 0 radical (unpaired) electrons. The Bertz CT molecular complexity index is 235. The molecular weight excluding hydrogens is 184 g/mol. The molecule has 1 aliphatic heterocycles. The van der Waals surface area contributed by atoms with Gasteiger partial charge in [-0.2, -0.15) is 0 Å². The Hall–Kier alpha value is -0.340. The zero-order chi connectivity index (χ0) is 10.7. The molecule has 0 aromatic heterocycles. The van der Waals surface area contributed by atoms with Crippen LogP contribution in [0, 0.1) is 0 Å². The molecule has 2 unspecified atom stereocenters. The van der Waals surface area contributed by atoms with E-state index in [1.165, 1.54) is 38.8 Å². The molecule has 0 spiro atoms. The fraction of sp³-hybridized carbons (Fsp3) is 0.846. The van der Waals surface area contributed by atoms with Gasteiger partial charge in [-0.15, -0.1) is 0 Å². The Morgan fingerprint density at radius 2 is 2.33 bits per heavy atom. The molecule has 1 N–H and O–H groups in total. The van der Waals surface area contributed by atoms with E-state index in [1.54, 1.807) is 5.57 Å². The number of hydrogen-bond acceptors (Lipinski definition) is 2. The third kappa shape index (κ3) is 3.05. The van der Waals surface area contributed by atoms with Crippen molar-refractivity contribution in [3.8, 4) is 0 Å². The normalized spacial score (nSPS) is 33.1. The third-order valence-corrected chi connectivity index (χ3v) is 3.75. The highest BCUT2D eigenvalue weighted by molar-refractivity contribution is 5.07. The summed E-state index contributed by atoms with van der Waals surface area (Å²) in [5.74, 6) is 0. The summed E-state index contributed by atoms with van der Waals surface area (Å²) in [5.41, 5.74) is 1.70.